The molecule has 0 saturated carbocycles. The van der Waals surface area contributed by atoms with E-state index in [1.807, 2.05) is 19.9 Å². The summed E-state index contributed by atoms with van der Waals surface area (Å²) in [6, 6.07) is 2.03. The third-order valence-corrected chi connectivity index (χ3v) is 4.00. The molecular formula is C13H18ClN3. The largest absolute Gasteiger partial charge is 0.211 e. The minimum Gasteiger partial charge on any atom is -0.211 e. The van der Waals surface area contributed by atoms with E-state index in [0.717, 1.165) is 29.0 Å². The van der Waals surface area contributed by atoms with Gasteiger partial charge in [-0.3, -0.25) is 0 Å². The van der Waals surface area contributed by atoms with Crippen molar-refractivity contribution < 1.29 is 0 Å². The number of hydrogen-bond donors (Lipinski definition) is 0. The highest BCUT2D eigenvalue weighted by molar-refractivity contribution is 6.30. The number of aromatic nitrogens is 3. The summed E-state index contributed by atoms with van der Waals surface area (Å²) >= 11 is 6.30. The Balaban J connectivity index is 2.70. The molecule has 0 unspecified atom stereocenters. The smallest absolute Gasteiger partial charge is 0.157 e. The first-order chi connectivity index (χ1) is 7.86. The molecule has 17 heavy (non-hydrogen) atoms. The summed E-state index contributed by atoms with van der Waals surface area (Å²) < 4.78 is 1.73. The van der Waals surface area contributed by atoms with Crippen LogP contribution in [0.25, 0.3) is 5.65 Å². The average Bonchev–Trinajstić information content (AvgIpc) is 2.70. The van der Waals surface area contributed by atoms with Crippen molar-refractivity contribution in [3.05, 3.63) is 28.2 Å². The molecule has 2 rings (SSSR count). The van der Waals surface area contributed by atoms with Crippen LogP contribution < -0.4 is 0 Å². The Hall–Kier alpha value is -1.09. The molecule has 0 spiro atoms. The topological polar surface area (TPSA) is 30.2 Å². The number of rotatable bonds is 2. The molecule has 2 aromatic heterocycles. The number of pyridine rings is 1. The molecule has 4 heteroatoms. The summed E-state index contributed by atoms with van der Waals surface area (Å²) in [5.74, 6) is 0.854. The molecule has 0 atom stereocenters. The van der Waals surface area contributed by atoms with E-state index in [4.69, 9.17) is 11.6 Å². The van der Waals surface area contributed by atoms with E-state index in [0.29, 0.717) is 5.15 Å². The van der Waals surface area contributed by atoms with Gasteiger partial charge < -0.3 is 0 Å². The molecule has 0 fully saturated rings. The van der Waals surface area contributed by atoms with E-state index < -0.39 is 0 Å². The highest BCUT2D eigenvalue weighted by Gasteiger charge is 2.24. The van der Waals surface area contributed by atoms with Crippen LogP contribution in [-0.2, 0) is 5.41 Å². The Morgan fingerprint density at radius 2 is 2.00 bits per heavy atom. The molecule has 0 radical (unpaired) electrons. The van der Waals surface area contributed by atoms with E-state index in [2.05, 4.69) is 30.9 Å². The van der Waals surface area contributed by atoms with Crippen molar-refractivity contribution in [2.45, 2.75) is 46.5 Å². The SMILES string of the molecule is CCC(C)(C)c1nc2cc(C)c(C)c(Cl)n2n1. The lowest BCUT2D eigenvalue weighted by Gasteiger charge is -2.17. The Bertz CT molecular complexity index is 570. The van der Waals surface area contributed by atoms with Crippen molar-refractivity contribution in [2.24, 2.45) is 0 Å². The number of nitrogens with zero attached hydrogens (tertiary/aromatic N) is 3. The van der Waals surface area contributed by atoms with Crippen molar-refractivity contribution in [1.82, 2.24) is 14.6 Å². The monoisotopic (exact) mass is 251 g/mol. The molecule has 0 aliphatic carbocycles. The fourth-order valence-corrected chi connectivity index (χ4v) is 1.90. The zero-order valence-electron chi connectivity index (χ0n) is 11.0. The fraction of sp³-hybridized carbons (Fsp3) is 0.538. The molecule has 0 bridgehead atoms. The zero-order chi connectivity index (χ0) is 12.8. The predicted octanol–water partition coefficient (Wildman–Crippen LogP) is 3.69. The fourth-order valence-electron chi connectivity index (χ4n) is 1.63. The van der Waals surface area contributed by atoms with Crippen molar-refractivity contribution in [1.29, 1.82) is 0 Å². The number of halogens is 1. The van der Waals surface area contributed by atoms with Crippen LogP contribution in [0.4, 0.5) is 0 Å². The minimum atomic E-state index is -0.0167. The van der Waals surface area contributed by atoms with Crippen LogP contribution in [0.1, 0.15) is 44.1 Å². The van der Waals surface area contributed by atoms with Crippen molar-refractivity contribution in [2.75, 3.05) is 0 Å². The second-order valence-corrected chi connectivity index (χ2v) is 5.54. The Kier molecular flexibility index (Phi) is 2.90. The second kappa shape index (κ2) is 3.98. The van der Waals surface area contributed by atoms with Gasteiger partial charge in [-0.1, -0.05) is 32.4 Å². The van der Waals surface area contributed by atoms with Crippen LogP contribution in [0, 0.1) is 13.8 Å². The first-order valence-corrected chi connectivity index (χ1v) is 6.27. The molecule has 3 nitrogen and oxygen atoms in total. The first-order valence-electron chi connectivity index (χ1n) is 5.90. The average molecular weight is 252 g/mol. The normalized spacial score (nSPS) is 12.4. The summed E-state index contributed by atoms with van der Waals surface area (Å²) in [7, 11) is 0. The Morgan fingerprint density at radius 1 is 1.35 bits per heavy atom. The van der Waals surface area contributed by atoms with Crippen molar-refractivity contribution in [3.63, 3.8) is 0 Å². The van der Waals surface area contributed by atoms with E-state index in [9.17, 15) is 0 Å². The van der Waals surface area contributed by atoms with Gasteiger partial charge in [-0.2, -0.15) is 0 Å². The number of fused-ring (bicyclic) bond motifs is 1. The van der Waals surface area contributed by atoms with Crippen LogP contribution in [0.2, 0.25) is 5.15 Å². The van der Waals surface area contributed by atoms with Crippen LogP contribution in [-0.4, -0.2) is 14.6 Å². The Labute approximate surface area is 107 Å². The summed E-state index contributed by atoms with van der Waals surface area (Å²) in [6.07, 6.45) is 0.999. The highest BCUT2D eigenvalue weighted by Crippen LogP contribution is 2.26. The summed E-state index contributed by atoms with van der Waals surface area (Å²) in [4.78, 5) is 4.59. The minimum absolute atomic E-state index is 0.0167. The molecule has 92 valence electrons. The molecule has 0 amide bonds. The van der Waals surface area contributed by atoms with Gasteiger partial charge in [0.15, 0.2) is 11.5 Å². The lowest BCUT2D eigenvalue weighted by Crippen LogP contribution is -2.17. The third kappa shape index (κ3) is 1.93. The highest BCUT2D eigenvalue weighted by atomic mass is 35.5. The summed E-state index contributed by atoms with van der Waals surface area (Å²) in [5, 5.41) is 5.19. The van der Waals surface area contributed by atoms with Gasteiger partial charge in [0.25, 0.3) is 0 Å². The van der Waals surface area contributed by atoms with Crippen LogP contribution in [0.15, 0.2) is 6.07 Å². The Morgan fingerprint density at radius 3 is 2.59 bits per heavy atom. The van der Waals surface area contributed by atoms with Gasteiger partial charge in [-0.15, -0.1) is 5.10 Å². The van der Waals surface area contributed by atoms with Gasteiger partial charge in [0.1, 0.15) is 5.15 Å². The van der Waals surface area contributed by atoms with Crippen LogP contribution in [0.5, 0.6) is 0 Å². The van der Waals surface area contributed by atoms with Gasteiger partial charge >= 0.3 is 0 Å². The standard InChI is InChI=1S/C13H18ClN3/c1-6-13(4,5)12-15-10-7-8(2)9(3)11(14)17(10)16-12/h7H,6H2,1-5H3. The van der Waals surface area contributed by atoms with Gasteiger partial charge in [0.05, 0.1) is 0 Å². The lowest BCUT2D eigenvalue weighted by molar-refractivity contribution is 0.473. The molecule has 2 aromatic rings. The number of hydrogen-bond acceptors (Lipinski definition) is 2. The van der Waals surface area contributed by atoms with Crippen LogP contribution >= 0.6 is 11.6 Å². The van der Waals surface area contributed by atoms with Gasteiger partial charge in [-0.25, -0.2) is 9.50 Å². The molecule has 0 saturated heterocycles. The van der Waals surface area contributed by atoms with Crippen molar-refractivity contribution in [3.8, 4) is 0 Å². The maximum Gasteiger partial charge on any atom is 0.157 e. The molecule has 0 N–H and O–H groups in total. The van der Waals surface area contributed by atoms with E-state index in [1.165, 1.54) is 0 Å². The van der Waals surface area contributed by atoms with E-state index >= 15 is 0 Å². The van der Waals surface area contributed by atoms with E-state index in [-0.39, 0.29) is 5.41 Å². The lowest BCUT2D eigenvalue weighted by atomic mass is 9.90. The zero-order valence-corrected chi connectivity index (χ0v) is 11.8. The number of aryl methyl sites for hydroxylation is 1. The molecule has 0 aromatic carbocycles. The van der Waals surface area contributed by atoms with Crippen molar-refractivity contribution >= 4 is 17.2 Å². The second-order valence-electron chi connectivity index (χ2n) is 5.19. The van der Waals surface area contributed by atoms with Crippen LogP contribution in [0.3, 0.4) is 0 Å². The van der Waals surface area contributed by atoms with Gasteiger partial charge in [0, 0.05) is 5.41 Å². The van der Waals surface area contributed by atoms with Gasteiger partial charge in [0.2, 0.25) is 0 Å². The van der Waals surface area contributed by atoms with Gasteiger partial charge in [-0.05, 0) is 37.5 Å². The molecule has 2 heterocycles. The third-order valence-electron chi connectivity index (χ3n) is 3.55. The molecule has 0 aliphatic rings. The molecular weight excluding hydrogens is 234 g/mol. The summed E-state index contributed by atoms with van der Waals surface area (Å²) in [6.45, 7) is 10.5. The first kappa shape index (κ1) is 12.4. The maximum atomic E-state index is 6.30. The molecule has 0 aliphatic heterocycles. The predicted molar refractivity (Wildman–Crippen MR) is 70.8 cm³/mol. The summed E-state index contributed by atoms with van der Waals surface area (Å²) in [5.41, 5.74) is 3.02. The quantitative estimate of drug-likeness (QED) is 0.762. The maximum absolute atomic E-state index is 6.30. The van der Waals surface area contributed by atoms with E-state index in [1.54, 1.807) is 4.52 Å².